The Bertz CT molecular complexity index is 988. The summed E-state index contributed by atoms with van der Waals surface area (Å²) >= 11 is 0. The molecular weight excluding hydrogens is 394 g/mol. The maximum Gasteiger partial charge on any atom is 0.271 e. The molecule has 0 radical (unpaired) electrons. The van der Waals surface area contributed by atoms with Crippen LogP contribution in [0.25, 0.3) is 0 Å². The van der Waals surface area contributed by atoms with Gasteiger partial charge in [-0.3, -0.25) is 0 Å². The van der Waals surface area contributed by atoms with Crippen molar-refractivity contribution in [2.75, 3.05) is 49.3 Å². The predicted octanol–water partition coefficient (Wildman–Crippen LogP) is 2.10. The fourth-order valence-electron chi connectivity index (χ4n) is 3.38. The molecular formula is C20H23N3O5S. The first-order valence-corrected chi connectivity index (χ1v) is 10.7. The summed E-state index contributed by atoms with van der Waals surface area (Å²) in [7, 11) is -2.38. The lowest BCUT2D eigenvalue weighted by Crippen LogP contribution is -2.43. The summed E-state index contributed by atoms with van der Waals surface area (Å²) in [5.74, 6) is 0.757. The van der Waals surface area contributed by atoms with Gasteiger partial charge < -0.3 is 24.4 Å². The van der Waals surface area contributed by atoms with Gasteiger partial charge in [-0.2, -0.15) is 0 Å². The van der Waals surface area contributed by atoms with E-state index >= 15 is 0 Å². The van der Waals surface area contributed by atoms with E-state index in [0.717, 1.165) is 36.2 Å². The van der Waals surface area contributed by atoms with Gasteiger partial charge in [0.05, 0.1) is 23.4 Å². The molecule has 2 aliphatic rings. The van der Waals surface area contributed by atoms with E-state index in [1.807, 2.05) is 6.07 Å². The van der Waals surface area contributed by atoms with Gasteiger partial charge in [-0.15, -0.1) is 0 Å². The fourth-order valence-corrected chi connectivity index (χ4v) is 4.82. The lowest BCUT2D eigenvalue weighted by atomic mass is 10.2. The molecule has 4 rings (SSSR count). The normalized spacial score (nSPS) is 16.6. The van der Waals surface area contributed by atoms with Gasteiger partial charge in [-0.25, -0.2) is 12.7 Å². The number of benzene rings is 2. The highest BCUT2D eigenvalue weighted by molar-refractivity contribution is 7.93. The second-order valence-corrected chi connectivity index (χ2v) is 8.35. The number of nitrogens with one attached hydrogen (secondary N) is 1. The summed E-state index contributed by atoms with van der Waals surface area (Å²) in [6.45, 7) is 3.17. The molecule has 0 aliphatic carbocycles. The number of para-hydroxylation sites is 1. The SMILES string of the molecule is COc1ccc(S(=O)(=O)N(C2=COCO2)c2ccccc2)cc1N1CCNCC1. The maximum absolute atomic E-state index is 13.6. The standard InChI is InChI=1S/C20H23N3O5S/c1-26-19-8-7-17(13-18(19)22-11-9-21-10-12-22)29(24,25)23(20-14-27-15-28-20)16-5-3-2-4-6-16/h2-8,13-14,21H,9-12,15H2,1H3. The second kappa shape index (κ2) is 8.22. The summed E-state index contributed by atoms with van der Waals surface area (Å²) in [6, 6.07) is 13.7. The Morgan fingerprint density at radius 2 is 1.86 bits per heavy atom. The van der Waals surface area contributed by atoms with E-state index in [9.17, 15) is 8.42 Å². The molecule has 1 N–H and O–H groups in total. The van der Waals surface area contributed by atoms with Gasteiger partial charge in [0.2, 0.25) is 12.7 Å². The third kappa shape index (κ3) is 3.83. The van der Waals surface area contributed by atoms with E-state index in [1.54, 1.807) is 49.6 Å². The third-order valence-electron chi connectivity index (χ3n) is 4.80. The summed E-state index contributed by atoms with van der Waals surface area (Å²) in [6.07, 6.45) is 1.31. The Morgan fingerprint density at radius 3 is 2.52 bits per heavy atom. The average Bonchev–Trinajstić information content (AvgIpc) is 3.28. The van der Waals surface area contributed by atoms with Gasteiger partial charge in [0.25, 0.3) is 10.0 Å². The van der Waals surface area contributed by atoms with Crippen molar-refractivity contribution in [2.24, 2.45) is 0 Å². The first-order valence-electron chi connectivity index (χ1n) is 9.30. The van der Waals surface area contributed by atoms with Crippen molar-refractivity contribution in [1.82, 2.24) is 5.32 Å². The van der Waals surface area contributed by atoms with Gasteiger partial charge in [0, 0.05) is 26.2 Å². The smallest absolute Gasteiger partial charge is 0.271 e. The van der Waals surface area contributed by atoms with Gasteiger partial charge >= 0.3 is 0 Å². The van der Waals surface area contributed by atoms with Crippen LogP contribution in [0.15, 0.2) is 65.6 Å². The summed E-state index contributed by atoms with van der Waals surface area (Å²) < 4.78 is 44.4. The Kier molecular flexibility index (Phi) is 5.50. The predicted molar refractivity (Wildman–Crippen MR) is 109 cm³/mol. The van der Waals surface area contributed by atoms with Gasteiger partial charge in [0.15, 0.2) is 0 Å². The number of ether oxygens (including phenoxy) is 3. The molecule has 0 aromatic heterocycles. The second-order valence-electron chi connectivity index (χ2n) is 6.56. The zero-order valence-corrected chi connectivity index (χ0v) is 16.9. The van der Waals surface area contributed by atoms with Crippen LogP contribution in [0.5, 0.6) is 5.75 Å². The van der Waals surface area contributed by atoms with Crippen LogP contribution in [-0.2, 0) is 19.5 Å². The van der Waals surface area contributed by atoms with Crippen molar-refractivity contribution < 1.29 is 22.6 Å². The molecule has 2 aliphatic heterocycles. The van der Waals surface area contributed by atoms with E-state index in [0.29, 0.717) is 11.4 Å². The Balaban J connectivity index is 1.78. The number of methoxy groups -OCH3 is 1. The van der Waals surface area contributed by atoms with Crippen LogP contribution in [-0.4, -0.2) is 48.5 Å². The molecule has 1 fully saturated rings. The number of rotatable bonds is 6. The summed E-state index contributed by atoms with van der Waals surface area (Å²) in [5.41, 5.74) is 1.21. The van der Waals surface area contributed by atoms with E-state index in [1.165, 1.54) is 6.26 Å². The van der Waals surface area contributed by atoms with Crippen molar-refractivity contribution in [3.05, 3.63) is 60.7 Å². The van der Waals surface area contributed by atoms with Crippen LogP contribution in [0, 0.1) is 0 Å². The highest BCUT2D eigenvalue weighted by Gasteiger charge is 2.32. The molecule has 0 unspecified atom stereocenters. The molecule has 0 atom stereocenters. The molecule has 0 bridgehead atoms. The van der Waals surface area contributed by atoms with Gasteiger partial charge in [-0.1, -0.05) is 18.2 Å². The number of piperazine rings is 1. The largest absolute Gasteiger partial charge is 0.495 e. The molecule has 9 heteroatoms. The molecule has 8 nitrogen and oxygen atoms in total. The monoisotopic (exact) mass is 417 g/mol. The Morgan fingerprint density at radius 1 is 1.10 bits per heavy atom. The van der Waals surface area contributed by atoms with Crippen molar-refractivity contribution in [3.8, 4) is 5.75 Å². The van der Waals surface area contributed by atoms with Crippen LogP contribution in [0.4, 0.5) is 11.4 Å². The minimum atomic E-state index is -3.96. The van der Waals surface area contributed by atoms with Crippen LogP contribution in [0.3, 0.4) is 0 Å². The molecule has 29 heavy (non-hydrogen) atoms. The summed E-state index contributed by atoms with van der Waals surface area (Å²) in [4.78, 5) is 2.27. The van der Waals surface area contributed by atoms with E-state index in [-0.39, 0.29) is 17.6 Å². The van der Waals surface area contributed by atoms with E-state index in [2.05, 4.69) is 10.2 Å². The van der Waals surface area contributed by atoms with Crippen molar-refractivity contribution >= 4 is 21.4 Å². The van der Waals surface area contributed by atoms with Gasteiger partial charge in [-0.05, 0) is 30.3 Å². The topological polar surface area (TPSA) is 80.3 Å². The molecule has 0 amide bonds. The zero-order valence-electron chi connectivity index (χ0n) is 16.1. The first-order chi connectivity index (χ1) is 14.1. The zero-order chi connectivity index (χ0) is 20.3. The highest BCUT2D eigenvalue weighted by Crippen LogP contribution is 2.35. The molecule has 154 valence electrons. The number of hydrogen-bond donors (Lipinski definition) is 1. The van der Waals surface area contributed by atoms with E-state index < -0.39 is 10.0 Å². The summed E-state index contributed by atoms with van der Waals surface area (Å²) in [5, 5.41) is 3.30. The van der Waals surface area contributed by atoms with Crippen LogP contribution < -0.4 is 19.3 Å². The van der Waals surface area contributed by atoms with Crippen molar-refractivity contribution in [1.29, 1.82) is 0 Å². The van der Waals surface area contributed by atoms with Gasteiger partial charge in [0.1, 0.15) is 12.0 Å². The minimum absolute atomic E-state index is 0.0250. The van der Waals surface area contributed by atoms with Crippen LogP contribution in [0.1, 0.15) is 0 Å². The van der Waals surface area contributed by atoms with Crippen LogP contribution in [0.2, 0.25) is 0 Å². The molecule has 2 aromatic carbocycles. The van der Waals surface area contributed by atoms with Crippen molar-refractivity contribution in [2.45, 2.75) is 4.90 Å². The van der Waals surface area contributed by atoms with E-state index in [4.69, 9.17) is 14.2 Å². The lowest BCUT2D eigenvalue weighted by molar-refractivity contribution is 0.0804. The third-order valence-corrected chi connectivity index (χ3v) is 6.52. The molecule has 1 saturated heterocycles. The van der Waals surface area contributed by atoms with Crippen LogP contribution >= 0.6 is 0 Å². The first kappa shape index (κ1) is 19.4. The quantitative estimate of drug-likeness (QED) is 0.771. The number of sulfonamides is 1. The number of nitrogens with zero attached hydrogens (tertiary/aromatic N) is 2. The van der Waals surface area contributed by atoms with Crippen molar-refractivity contribution in [3.63, 3.8) is 0 Å². The fraction of sp³-hybridized carbons (Fsp3) is 0.300. The lowest BCUT2D eigenvalue weighted by Gasteiger charge is -2.31. The molecule has 0 saturated carbocycles. The Hall–Kier alpha value is -2.91. The molecule has 0 spiro atoms. The molecule has 2 heterocycles. The number of hydrogen-bond acceptors (Lipinski definition) is 7. The average molecular weight is 417 g/mol. The maximum atomic E-state index is 13.6. The highest BCUT2D eigenvalue weighted by atomic mass is 32.2. The Labute approximate surface area is 170 Å². The number of anilines is 2. The minimum Gasteiger partial charge on any atom is -0.495 e. The molecule has 2 aromatic rings.